The largest absolute Gasteiger partial charge is 0.368 e. The molecule has 0 fully saturated rings. The van der Waals surface area contributed by atoms with E-state index < -0.39 is 17.4 Å². The zero-order valence-electron chi connectivity index (χ0n) is 7.05. The Labute approximate surface area is 70.5 Å². The molecule has 0 aliphatic carbocycles. The molecule has 0 spiro atoms. The van der Waals surface area contributed by atoms with Crippen molar-refractivity contribution in [3.8, 4) is 6.07 Å². The average Bonchev–Trinajstić information content (AvgIpc) is 1.85. The van der Waals surface area contributed by atoms with Gasteiger partial charge in [0.25, 0.3) is 0 Å². The first-order chi connectivity index (χ1) is 5.40. The number of primary amides is 1. The van der Waals surface area contributed by atoms with Gasteiger partial charge in [0.1, 0.15) is 12.0 Å². The van der Waals surface area contributed by atoms with Gasteiger partial charge in [0.2, 0.25) is 11.8 Å². The van der Waals surface area contributed by atoms with Crippen molar-refractivity contribution in [3.63, 3.8) is 0 Å². The van der Waals surface area contributed by atoms with E-state index in [9.17, 15) is 9.59 Å². The predicted molar refractivity (Wildman–Crippen MR) is 41.6 cm³/mol. The van der Waals surface area contributed by atoms with Crippen LogP contribution in [-0.2, 0) is 9.59 Å². The fourth-order valence-corrected chi connectivity index (χ4v) is 0.526. The van der Waals surface area contributed by atoms with Crippen LogP contribution in [0.3, 0.4) is 0 Å². The number of rotatable bonds is 3. The Hall–Kier alpha value is -1.57. The van der Waals surface area contributed by atoms with Crippen LogP contribution in [0.4, 0.5) is 0 Å². The number of nitrogens with two attached hydrogens (primary N) is 1. The number of nitrogens with one attached hydrogen (secondary N) is 1. The Morgan fingerprint density at radius 3 is 2.42 bits per heavy atom. The summed E-state index contributed by atoms with van der Waals surface area (Å²) >= 11 is 0. The van der Waals surface area contributed by atoms with Crippen LogP contribution < -0.4 is 11.1 Å². The zero-order valence-corrected chi connectivity index (χ0v) is 7.05. The fourth-order valence-electron chi connectivity index (χ4n) is 0.526. The minimum absolute atomic E-state index is 0.267. The Morgan fingerprint density at radius 2 is 2.08 bits per heavy atom. The van der Waals surface area contributed by atoms with Gasteiger partial charge in [-0.1, -0.05) is 0 Å². The number of nitriles is 1. The molecule has 0 aromatic rings. The maximum atomic E-state index is 10.8. The van der Waals surface area contributed by atoms with E-state index in [1.165, 1.54) is 13.8 Å². The van der Waals surface area contributed by atoms with Crippen molar-refractivity contribution >= 4 is 11.8 Å². The minimum Gasteiger partial charge on any atom is -0.368 e. The van der Waals surface area contributed by atoms with Crippen molar-refractivity contribution in [3.05, 3.63) is 0 Å². The monoisotopic (exact) mass is 169 g/mol. The maximum Gasteiger partial charge on any atom is 0.242 e. The van der Waals surface area contributed by atoms with Crippen molar-refractivity contribution in [1.82, 2.24) is 5.32 Å². The Kier molecular flexibility index (Phi) is 3.23. The summed E-state index contributed by atoms with van der Waals surface area (Å²) in [6, 6.07) is 1.66. The molecule has 0 atom stereocenters. The molecular weight excluding hydrogens is 158 g/mol. The lowest BCUT2D eigenvalue weighted by atomic mass is 10.1. The Bertz CT molecular complexity index is 240. The predicted octanol–water partition coefficient (Wildman–Crippen LogP) is -0.720. The van der Waals surface area contributed by atoms with Crippen LogP contribution in [0, 0.1) is 11.3 Å². The van der Waals surface area contributed by atoms with Gasteiger partial charge in [-0.2, -0.15) is 5.26 Å². The molecule has 0 rings (SSSR count). The molecule has 2 amide bonds. The van der Waals surface area contributed by atoms with Gasteiger partial charge >= 0.3 is 0 Å². The topological polar surface area (TPSA) is 96.0 Å². The Balaban J connectivity index is 4.17. The van der Waals surface area contributed by atoms with E-state index in [4.69, 9.17) is 11.0 Å². The van der Waals surface area contributed by atoms with Gasteiger partial charge in [-0.05, 0) is 13.8 Å². The summed E-state index contributed by atoms with van der Waals surface area (Å²) in [5, 5.41) is 10.5. The van der Waals surface area contributed by atoms with E-state index in [0.717, 1.165) is 0 Å². The van der Waals surface area contributed by atoms with Gasteiger partial charge in [0.05, 0.1) is 6.07 Å². The van der Waals surface area contributed by atoms with Gasteiger partial charge in [0.15, 0.2) is 0 Å². The van der Waals surface area contributed by atoms with Gasteiger partial charge < -0.3 is 11.1 Å². The summed E-state index contributed by atoms with van der Waals surface area (Å²) in [6.07, 6.45) is -0.267. The number of hydrogen-bond acceptors (Lipinski definition) is 3. The molecule has 0 bridgehead atoms. The van der Waals surface area contributed by atoms with E-state index in [2.05, 4.69) is 5.32 Å². The normalized spacial score (nSPS) is 10.1. The molecule has 0 aromatic heterocycles. The van der Waals surface area contributed by atoms with Gasteiger partial charge in [-0.25, -0.2) is 0 Å². The van der Waals surface area contributed by atoms with Crippen molar-refractivity contribution in [2.45, 2.75) is 25.8 Å². The molecule has 0 aliphatic heterocycles. The van der Waals surface area contributed by atoms with Gasteiger partial charge in [-0.3, -0.25) is 9.59 Å². The van der Waals surface area contributed by atoms with E-state index >= 15 is 0 Å². The van der Waals surface area contributed by atoms with Crippen LogP contribution in [0.15, 0.2) is 0 Å². The van der Waals surface area contributed by atoms with E-state index in [1.54, 1.807) is 6.07 Å². The molecule has 0 aliphatic rings. The second-order valence-electron chi connectivity index (χ2n) is 2.87. The number of carbonyl (C=O) groups excluding carboxylic acids is 2. The molecule has 0 unspecified atom stereocenters. The first-order valence-electron chi connectivity index (χ1n) is 3.38. The SMILES string of the molecule is CC(C)(NC(=O)CC#N)C(N)=O. The molecule has 66 valence electrons. The maximum absolute atomic E-state index is 10.8. The first kappa shape index (κ1) is 10.4. The van der Waals surface area contributed by atoms with E-state index in [0.29, 0.717) is 0 Å². The molecule has 0 saturated carbocycles. The molecule has 0 heterocycles. The summed E-state index contributed by atoms with van der Waals surface area (Å²) in [7, 11) is 0. The lowest BCUT2D eigenvalue weighted by Crippen LogP contribution is -2.52. The Morgan fingerprint density at radius 1 is 1.58 bits per heavy atom. The molecular formula is C7H11N3O2. The number of hydrogen-bond donors (Lipinski definition) is 2. The third-order valence-electron chi connectivity index (χ3n) is 1.31. The van der Waals surface area contributed by atoms with Crippen molar-refractivity contribution in [2.24, 2.45) is 5.73 Å². The summed E-state index contributed by atoms with van der Waals surface area (Å²) in [5.41, 5.74) is 3.89. The fraction of sp³-hybridized carbons (Fsp3) is 0.571. The van der Waals surface area contributed by atoms with E-state index in [1.807, 2.05) is 0 Å². The third kappa shape index (κ3) is 3.01. The van der Waals surface area contributed by atoms with Crippen LogP contribution in [-0.4, -0.2) is 17.4 Å². The number of amides is 2. The molecule has 5 heteroatoms. The highest BCUT2D eigenvalue weighted by atomic mass is 16.2. The highest BCUT2D eigenvalue weighted by Crippen LogP contribution is 2.00. The average molecular weight is 169 g/mol. The van der Waals surface area contributed by atoms with Crippen LogP contribution in [0.1, 0.15) is 20.3 Å². The second kappa shape index (κ2) is 3.72. The van der Waals surface area contributed by atoms with Crippen molar-refractivity contribution < 1.29 is 9.59 Å². The van der Waals surface area contributed by atoms with Crippen LogP contribution in [0.5, 0.6) is 0 Å². The molecule has 12 heavy (non-hydrogen) atoms. The molecule has 0 radical (unpaired) electrons. The summed E-state index contributed by atoms with van der Waals surface area (Å²) in [6.45, 7) is 2.95. The van der Waals surface area contributed by atoms with Crippen LogP contribution in [0.2, 0.25) is 0 Å². The zero-order chi connectivity index (χ0) is 9.78. The van der Waals surface area contributed by atoms with Gasteiger partial charge in [0, 0.05) is 0 Å². The van der Waals surface area contributed by atoms with Gasteiger partial charge in [-0.15, -0.1) is 0 Å². The second-order valence-corrected chi connectivity index (χ2v) is 2.87. The number of nitrogens with zero attached hydrogens (tertiary/aromatic N) is 1. The highest BCUT2D eigenvalue weighted by Gasteiger charge is 2.26. The molecule has 0 aromatic carbocycles. The minimum atomic E-state index is -1.09. The highest BCUT2D eigenvalue weighted by molar-refractivity contribution is 5.90. The number of carbonyl (C=O) groups is 2. The quantitative estimate of drug-likeness (QED) is 0.583. The molecule has 3 N–H and O–H groups in total. The molecule has 0 saturated heterocycles. The van der Waals surface area contributed by atoms with Crippen LogP contribution >= 0.6 is 0 Å². The smallest absolute Gasteiger partial charge is 0.242 e. The molecule has 5 nitrogen and oxygen atoms in total. The first-order valence-corrected chi connectivity index (χ1v) is 3.38. The van der Waals surface area contributed by atoms with Crippen molar-refractivity contribution in [2.75, 3.05) is 0 Å². The van der Waals surface area contributed by atoms with E-state index in [-0.39, 0.29) is 6.42 Å². The van der Waals surface area contributed by atoms with Crippen molar-refractivity contribution in [1.29, 1.82) is 5.26 Å². The summed E-state index contributed by atoms with van der Waals surface area (Å²) < 4.78 is 0. The summed E-state index contributed by atoms with van der Waals surface area (Å²) in [4.78, 5) is 21.5. The lowest BCUT2D eigenvalue weighted by Gasteiger charge is -2.21. The summed E-state index contributed by atoms with van der Waals surface area (Å²) in [5.74, 6) is -1.13. The van der Waals surface area contributed by atoms with Crippen LogP contribution in [0.25, 0.3) is 0 Å². The third-order valence-corrected chi connectivity index (χ3v) is 1.31. The lowest BCUT2D eigenvalue weighted by molar-refractivity contribution is -0.129. The standard InChI is InChI=1S/C7H11N3O2/c1-7(2,6(9)12)10-5(11)3-4-8/h3H2,1-2H3,(H2,9,12)(H,10,11).